The van der Waals surface area contributed by atoms with Gasteiger partial charge in [-0.3, -0.25) is 0 Å². The molecule has 0 heterocycles. The van der Waals surface area contributed by atoms with E-state index in [2.05, 4.69) is 71.3 Å². The van der Waals surface area contributed by atoms with E-state index in [1.165, 1.54) is 11.1 Å². The summed E-state index contributed by atoms with van der Waals surface area (Å²) in [5, 5.41) is 3.37. The van der Waals surface area contributed by atoms with E-state index >= 15 is 0 Å². The van der Waals surface area contributed by atoms with Gasteiger partial charge in [-0.25, -0.2) is 0 Å². The molecule has 21 heavy (non-hydrogen) atoms. The Bertz CT molecular complexity index is 611. The molecule has 2 nitrogen and oxygen atoms in total. The summed E-state index contributed by atoms with van der Waals surface area (Å²) < 4.78 is 8.67. The van der Waals surface area contributed by atoms with Crippen LogP contribution in [-0.2, 0) is 0 Å². The Labute approximate surface area is 150 Å². The van der Waals surface area contributed by atoms with Crippen molar-refractivity contribution >= 4 is 47.8 Å². The zero-order valence-electron chi connectivity index (χ0n) is 11.8. The minimum Gasteiger partial charge on any atom is -0.494 e. The first-order valence-corrected chi connectivity index (χ1v) is 8.98. The monoisotopic (exact) mass is 475 g/mol. The van der Waals surface area contributed by atoms with Crippen LogP contribution in [0, 0.1) is 0 Å². The Morgan fingerprint density at radius 2 is 1.71 bits per heavy atom. The average molecular weight is 478 g/mol. The van der Waals surface area contributed by atoms with Crippen molar-refractivity contribution in [3.8, 4) is 5.75 Å². The second kappa shape index (κ2) is 7.77. The summed E-state index contributed by atoms with van der Waals surface area (Å²) >= 11 is 10.7. The SMILES string of the molecule is CCOc1ccc(C(NC)c2cc(Br)cc(Br)c2)c(Br)c1. The Balaban J connectivity index is 2.41. The van der Waals surface area contributed by atoms with Gasteiger partial charge in [-0.1, -0.05) is 53.9 Å². The van der Waals surface area contributed by atoms with E-state index in [-0.39, 0.29) is 6.04 Å². The van der Waals surface area contributed by atoms with Crippen LogP contribution >= 0.6 is 47.8 Å². The summed E-state index contributed by atoms with van der Waals surface area (Å²) in [5.41, 5.74) is 2.36. The third kappa shape index (κ3) is 4.31. The summed E-state index contributed by atoms with van der Waals surface area (Å²) in [7, 11) is 1.96. The van der Waals surface area contributed by atoms with Crippen molar-refractivity contribution < 1.29 is 4.74 Å². The largest absolute Gasteiger partial charge is 0.494 e. The second-order valence-electron chi connectivity index (χ2n) is 4.54. The van der Waals surface area contributed by atoms with E-state index in [9.17, 15) is 0 Å². The number of benzene rings is 2. The Kier molecular flexibility index (Phi) is 6.29. The predicted octanol–water partition coefficient (Wildman–Crippen LogP) is 5.68. The van der Waals surface area contributed by atoms with Crippen LogP contribution in [0.15, 0.2) is 49.8 Å². The molecule has 0 fully saturated rings. The molecule has 2 aromatic rings. The standard InChI is InChI=1S/C16H16Br3NO/c1-3-21-13-4-5-14(15(19)9-13)16(20-2)10-6-11(17)8-12(18)7-10/h4-9,16,20H,3H2,1-2H3. The number of halogens is 3. The first-order chi connectivity index (χ1) is 10.0. The molecular formula is C16H16Br3NO. The highest BCUT2D eigenvalue weighted by atomic mass is 79.9. The van der Waals surface area contributed by atoms with Crippen molar-refractivity contribution in [2.75, 3.05) is 13.7 Å². The highest BCUT2D eigenvalue weighted by Gasteiger charge is 2.16. The molecule has 0 spiro atoms. The molecule has 0 aliphatic rings. The van der Waals surface area contributed by atoms with Gasteiger partial charge in [-0.15, -0.1) is 0 Å². The van der Waals surface area contributed by atoms with Crippen LogP contribution in [0.4, 0.5) is 0 Å². The van der Waals surface area contributed by atoms with Crippen LogP contribution in [0.5, 0.6) is 5.75 Å². The summed E-state index contributed by atoms with van der Waals surface area (Å²) in [6, 6.07) is 12.5. The van der Waals surface area contributed by atoms with Gasteiger partial charge in [0.1, 0.15) is 5.75 Å². The summed E-state index contributed by atoms with van der Waals surface area (Å²) in [6.45, 7) is 2.65. The minimum absolute atomic E-state index is 0.101. The van der Waals surface area contributed by atoms with Crippen molar-refractivity contribution in [2.24, 2.45) is 0 Å². The molecule has 2 rings (SSSR count). The number of hydrogen-bond acceptors (Lipinski definition) is 2. The molecule has 0 bridgehead atoms. The Hall–Kier alpha value is -0.360. The highest BCUT2D eigenvalue weighted by Crippen LogP contribution is 2.33. The fourth-order valence-corrected chi connectivity index (χ4v) is 4.16. The molecule has 0 radical (unpaired) electrons. The molecular weight excluding hydrogens is 462 g/mol. The molecule has 0 saturated carbocycles. The van der Waals surface area contributed by atoms with Gasteiger partial charge in [-0.2, -0.15) is 0 Å². The number of hydrogen-bond donors (Lipinski definition) is 1. The maximum absolute atomic E-state index is 5.53. The van der Waals surface area contributed by atoms with E-state index < -0.39 is 0 Å². The molecule has 0 aliphatic carbocycles. The number of rotatable bonds is 5. The second-order valence-corrected chi connectivity index (χ2v) is 7.23. The van der Waals surface area contributed by atoms with Gasteiger partial charge >= 0.3 is 0 Å². The zero-order chi connectivity index (χ0) is 15.4. The Morgan fingerprint density at radius 1 is 1.05 bits per heavy atom. The normalized spacial score (nSPS) is 12.2. The van der Waals surface area contributed by atoms with Crippen LogP contribution in [0.2, 0.25) is 0 Å². The lowest BCUT2D eigenvalue weighted by Gasteiger charge is -2.20. The number of nitrogens with one attached hydrogen (secondary N) is 1. The minimum atomic E-state index is 0.101. The lowest BCUT2D eigenvalue weighted by molar-refractivity contribution is 0.340. The molecule has 0 aromatic heterocycles. The van der Waals surface area contributed by atoms with Gasteiger partial charge in [0.15, 0.2) is 0 Å². The van der Waals surface area contributed by atoms with Crippen molar-refractivity contribution in [1.29, 1.82) is 0 Å². The molecule has 5 heteroatoms. The summed E-state index contributed by atoms with van der Waals surface area (Å²) in [6.07, 6.45) is 0. The lowest BCUT2D eigenvalue weighted by Crippen LogP contribution is -2.18. The predicted molar refractivity (Wildman–Crippen MR) is 98.1 cm³/mol. The van der Waals surface area contributed by atoms with Crippen molar-refractivity contribution in [3.63, 3.8) is 0 Å². The molecule has 1 N–H and O–H groups in total. The Morgan fingerprint density at radius 3 is 2.24 bits per heavy atom. The van der Waals surface area contributed by atoms with Crippen LogP contribution in [0.25, 0.3) is 0 Å². The molecule has 112 valence electrons. The van der Waals surface area contributed by atoms with E-state index in [4.69, 9.17) is 4.74 Å². The molecule has 0 amide bonds. The van der Waals surface area contributed by atoms with Gasteiger partial charge in [-0.05, 0) is 55.4 Å². The summed E-state index contributed by atoms with van der Waals surface area (Å²) in [4.78, 5) is 0. The van der Waals surface area contributed by atoms with Crippen molar-refractivity contribution in [1.82, 2.24) is 5.32 Å². The van der Waals surface area contributed by atoms with Crippen LogP contribution in [0.1, 0.15) is 24.1 Å². The fourth-order valence-electron chi connectivity index (χ4n) is 2.24. The average Bonchev–Trinajstić information content (AvgIpc) is 2.41. The first kappa shape index (κ1) is 17.0. The third-order valence-electron chi connectivity index (χ3n) is 3.10. The maximum atomic E-state index is 5.53. The molecule has 0 saturated heterocycles. The molecule has 2 aromatic carbocycles. The smallest absolute Gasteiger partial charge is 0.120 e. The molecule has 1 unspecified atom stereocenters. The van der Waals surface area contributed by atoms with E-state index in [0.717, 1.165) is 19.2 Å². The topological polar surface area (TPSA) is 21.3 Å². The fraction of sp³-hybridized carbons (Fsp3) is 0.250. The van der Waals surface area contributed by atoms with Crippen molar-refractivity contribution in [2.45, 2.75) is 13.0 Å². The van der Waals surface area contributed by atoms with E-state index in [1.807, 2.05) is 32.2 Å². The number of ether oxygens (including phenoxy) is 1. The van der Waals surface area contributed by atoms with Crippen LogP contribution in [-0.4, -0.2) is 13.7 Å². The van der Waals surface area contributed by atoms with Gasteiger partial charge in [0.25, 0.3) is 0 Å². The van der Waals surface area contributed by atoms with Gasteiger partial charge in [0.05, 0.1) is 12.6 Å². The quantitative estimate of drug-likeness (QED) is 0.598. The maximum Gasteiger partial charge on any atom is 0.120 e. The third-order valence-corrected chi connectivity index (χ3v) is 4.70. The zero-order valence-corrected chi connectivity index (χ0v) is 16.5. The van der Waals surface area contributed by atoms with Gasteiger partial charge < -0.3 is 10.1 Å². The molecule has 0 aliphatic heterocycles. The van der Waals surface area contributed by atoms with Crippen molar-refractivity contribution in [3.05, 3.63) is 60.9 Å². The van der Waals surface area contributed by atoms with E-state index in [0.29, 0.717) is 6.61 Å². The van der Waals surface area contributed by atoms with Crippen LogP contribution in [0.3, 0.4) is 0 Å². The van der Waals surface area contributed by atoms with Gasteiger partial charge in [0, 0.05) is 13.4 Å². The molecule has 1 atom stereocenters. The highest BCUT2D eigenvalue weighted by molar-refractivity contribution is 9.11. The first-order valence-electron chi connectivity index (χ1n) is 6.60. The van der Waals surface area contributed by atoms with Gasteiger partial charge in [0.2, 0.25) is 0 Å². The lowest BCUT2D eigenvalue weighted by atomic mass is 9.99. The summed E-state index contributed by atoms with van der Waals surface area (Å²) in [5.74, 6) is 0.874. The van der Waals surface area contributed by atoms with E-state index in [1.54, 1.807) is 0 Å². The van der Waals surface area contributed by atoms with Crippen LogP contribution < -0.4 is 10.1 Å².